The third-order valence-corrected chi connectivity index (χ3v) is 0. The van der Waals surface area contributed by atoms with Gasteiger partial charge in [-0.2, -0.15) is 0 Å². The molecule has 0 atom stereocenters. The van der Waals surface area contributed by atoms with E-state index in [0.29, 0.717) is 0 Å². The first-order chi connectivity index (χ1) is 3.00. The molecule has 1 heteroatoms. The molecule has 0 rings (SSSR count). The summed E-state index contributed by atoms with van der Waals surface area (Å²) in [6.07, 6.45) is 0. The van der Waals surface area contributed by atoms with E-state index < -0.39 is 0 Å². The molecule has 7 radical (unpaired) electrons. The molecule has 0 heterocycles. The maximum absolute atomic E-state index is 3.25. The molecule has 0 aromatic carbocycles. The van der Waals surface area contributed by atoms with Crippen LogP contribution in [0.4, 0.5) is 0 Å². The monoisotopic (exact) mass is 311 g/mol. The molecule has 0 bridgehead atoms. The summed E-state index contributed by atoms with van der Waals surface area (Å²) in [6.45, 7) is 15.0. The number of rotatable bonds is 0. The average molecular weight is 310 g/mol. The molecule has 0 aromatic heterocycles. The normalized spacial score (nSPS) is 2.25. The van der Waals surface area contributed by atoms with E-state index >= 15 is 0 Å². The van der Waals surface area contributed by atoms with Crippen LogP contribution in [0.1, 0.15) is 28.2 Å². The van der Waals surface area contributed by atoms with Crippen LogP contribution < -0.4 is 0 Å². The van der Waals surface area contributed by atoms with Crippen molar-refractivity contribution in [3.8, 4) is 0 Å². The van der Waals surface area contributed by atoms with E-state index in [1.54, 1.807) is 20.8 Å². The van der Waals surface area contributed by atoms with Gasteiger partial charge in [0, 0.05) is 27.3 Å². The SMILES string of the molecule is C.[CH2]C.[CH2]C.[CH2]C.[Pb]. The van der Waals surface area contributed by atoms with Gasteiger partial charge in [0.15, 0.2) is 0 Å². The first-order valence-corrected chi connectivity index (χ1v) is 2.12. The van der Waals surface area contributed by atoms with E-state index in [1.165, 1.54) is 0 Å². The van der Waals surface area contributed by atoms with Crippen LogP contribution in [-0.4, -0.2) is 27.3 Å². The third-order valence-electron chi connectivity index (χ3n) is 0. The second kappa shape index (κ2) is 446. The first kappa shape index (κ1) is 36.4. The van der Waals surface area contributed by atoms with Gasteiger partial charge in [-0.25, -0.2) is 0 Å². The zero-order chi connectivity index (χ0) is 6.00. The van der Waals surface area contributed by atoms with Gasteiger partial charge < -0.3 is 0 Å². The molecule has 8 heavy (non-hydrogen) atoms. The molecule has 0 aromatic rings. The van der Waals surface area contributed by atoms with E-state index in [0.717, 1.165) is 0 Å². The van der Waals surface area contributed by atoms with Crippen LogP contribution in [0.5, 0.6) is 0 Å². The summed E-state index contributed by atoms with van der Waals surface area (Å²) in [6, 6.07) is 0. The van der Waals surface area contributed by atoms with Crippen molar-refractivity contribution in [1.29, 1.82) is 0 Å². The molecule has 0 nitrogen and oxygen atoms in total. The smallest absolute Gasteiger partial charge is 0 e. The quantitative estimate of drug-likeness (QED) is 0.604. The Labute approximate surface area is 76.2 Å². The van der Waals surface area contributed by atoms with Gasteiger partial charge in [0.25, 0.3) is 0 Å². The fourth-order valence-corrected chi connectivity index (χ4v) is 0. The Hall–Kier alpha value is 0.922. The summed E-state index contributed by atoms with van der Waals surface area (Å²) in [5, 5.41) is 0. The van der Waals surface area contributed by atoms with Crippen molar-refractivity contribution in [2.75, 3.05) is 0 Å². The molecular weight excluding hydrogens is 291 g/mol. The van der Waals surface area contributed by atoms with Crippen LogP contribution in [0, 0.1) is 20.8 Å². The second-order valence-electron chi connectivity index (χ2n) is 0. The van der Waals surface area contributed by atoms with E-state index in [1.807, 2.05) is 0 Å². The van der Waals surface area contributed by atoms with Crippen molar-refractivity contribution in [2.24, 2.45) is 0 Å². The maximum Gasteiger partial charge on any atom is 0 e. The fraction of sp³-hybridized carbons (Fsp3) is 0.571. The summed E-state index contributed by atoms with van der Waals surface area (Å²) < 4.78 is 0. The van der Waals surface area contributed by atoms with Crippen molar-refractivity contribution >= 4 is 27.3 Å². The van der Waals surface area contributed by atoms with Crippen molar-refractivity contribution < 1.29 is 0 Å². The van der Waals surface area contributed by atoms with Crippen LogP contribution >= 0.6 is 0 Å². The summed E-state index contributed by atoms with van der Waals surface area (Å²) in [7, 11) is 0. The van der Waals surface area contributed by atoms with E-state index in [2.05, 4.69) is 20.8 Å². The number of hydrogen-bond acceptors (Lipinski definition) is 0. The minimum Gasteiger partial charge on any atom is -0.0776 e. The summed E-state index contributed by atoms with van der Waals surface area (Å²) in [5.41, 5.74) is 0. The van der Waals surface area contributed by atoms with Crippen molar-refractivity contribution in [3.05, 3.63) is 20.8 Å². The maximum atomic E-state index is 3.25. The molecule has 0 N–H and O–H groups in total. The Morgan fingerprint density at radius 3 is 0.625 bits per heavy atom. The van der Waals surface area contributed by atoms with Gasteiger partial charge in [-0.3, -0.25) is 0 Å². The topological polar surface area (TPSA) is 0 Å². The molecule has 51 valence electrons. The molecule has 0 saturated heterocycles. The summed E-state index contributed by atoms with van der Waals surface area (Å²) >= 11 is 0. The minimum absolute atomic E-state index is 0. The Kier molecular flexibility index (Phi) is 2030. The Balaban J connectivity index is -0.00000000500. The van der Waals surface area contributed by atoms with Gasteiger partial charge in [-0.15, -0.1) is 0 Å². The molecule has 0 unspecified atom stereocenters. The zero-order valence-electron chi connectivity index (χ0n) is 5.62. The standard InChI is InChI=1S/3C2H5.CH4.Pb/c3*1-2;;/h3*1H2,2H3;1H4;. The predicted molar refractivity (Wildman–Crippen MR) is 45.6 cm³/mol. The Morgan fingerprint density at radius 2 is 0.625 bits per heavy atom. The second-order valence-corrected chi connectivity index (χ2v) is 0. The van der Waals surface area contributed by atoms with Crippen molar-refractivity contribution in [1.82, 2.24) is 0 Å². The van der Waals surface area contributed by atoms with Crippen LogP contribution in [0.3, 0.4) is 0 Å². The Morgan fingerprint density at radius 1 is 0.625 bits per heavy atom. The number of hydrogen-bond donors (Lipinski definition) is 0. The van der Waals surface area contributed by atoms with Gasteiger partial charge in [0.05, 0.1) is 0 Å². The van der Waals surface area contributed by atoms with Crippen molar-refractivity contribution in [2.45, 2.75) is 28.2 Å². The third kappa shape index (κ3) is 286. The van der Waals surface area contributed by atoms with E-state index in [9.17, 15) is 0 Å². The minimum atomic E-state index is 0. The molecule has 0 saturated carbocycles. The van der Waals surface area contributed by atoms with Crippen LogP contribution in [0.15, 0.2) is 0 Å². The van der Waals surface area contributed by atoms with E-state index in [-0.39, 0.29) is 34.7 Å². The van der Waals surface area contributed by atoms with Gasteiger partial charge in [-0.05, 0) is 0 Å². The zero-order valence-corrected chi connectivity index (χ0v) is 9.51. The van der Waals surface area contributed by atoms with Gasteiger partial charge in [-0.1, -0.05) is 49.0 Å². The summed E-state index contributed by atoms with van der Waals surface area (Å²) in [5.74, 6) is 0. The molecule has 0 aliphatic rings. The van der Waals surface area contributed by atoms with Crippen LogP contribution in [-0.2, 0) is 0 Å². The Bertz CT molecular complexity index is 4.35. The van der Waals surface area contributed by atoms with Gasteiger partial charge >= 0.3 is 0 Å². The van der Waals surface area contributed by atoms with E-state index in [4.69, 9.17) is 0 Å². The molecule has 0 fully saturated rings. The van der Waals surface area contributed by atoms with Gasteiger partial charge in [0.2, 0.25) is 0 Å². The molecule has 0 spiro atoms. The average Bonchev–Trinajstić information content (AvgIpc) is 1.81. The first-order valence-electron chi connectivity index (χ1n) is 2.12. The predicted octanol–water partition coefficient (Wildman–Crippen LogP) is 2.78. The molecule has 0 aliphatic carbocycles. The molecule has 0 amide bonds. The van der Waals surface area contributed by atoms with Crippen molar-refractivity contribution in [3.63, 3.8) is 0 Å². The largest absolute Gasteiger partial charge is 0.0776 e. The summed E-state index contributed by atoms with van der Waals surface area (Å²) in [4.78, 5) is 0. The molecule has 0 aliphatic heterocycles. The van der Waals surface area contributed by atoms with Gasteiger partial charge in [0.1, 0.15) is 0 Å². The van der Waals surface area contributed by atoms with Crippen LogP contribution in [0.25, 0.3) is 0 Å². The molecular formula is C7H19Pb. The fourth-order valence-electron chi connectivity index (χ4n) is 0. The van der Waals surface area contributed by atoms with Crippen LogP contribution in [0.2, 0.25) is 0 Å².